The van der Waals surface area contributed by atoms with Crippen LogP contribution in [0.3, 0.4) is 0 Å². The number of nitrogens with one attached hydrogen (secondary N) is 1. The van der Waals surface area contributed by atoms with Crippen molar-refractivity contribution in [2.24, 2.45) is 0 Å². The van der Waals surface area contributed by atoms with Gasteiger partial charge in [0.15, 0.2) is 0 Å². The molecule has 0 unspecified atom stereocenters. The quantitative estimate of drug-likeness (QED) is 0.878. The molecule has 84 valence electrons. The minimum Gasteiger partial charge on any atom is -0.352 e. The molecule has 0 aromatic carbocycles. The van der Waals surface area contributed by atoms with E-state index in [-0.39, 0.29) is 6.04 Å². The molecule has 1 N–H and O–H groups in total. The highest BCUT2D eigenvalue weighted by Gasteiger charge is 2.09. The summed E-state index contributed by atoms with van der Waals surface area (Å²) in [5, 5.41) is 4.08. The van der Waals surface area contributed by atoms with E-state index in [0.717, 1.165) is 23.1 Å². The zero-order valence-corrected chi connectivity index (χ0v) is 10.0. The van der Waals surface area contributed by atoms with E-state index in [2.05, 4.69) is 24.6 Å². The molecule has 2 rings (SSSR count). The summed E-state index contributed by atoms with van der Waals surface area (Å²) in [4.78, 5) is 12.6. The second-order valence-corrected chi connectivity index (χ2v) is 4.12. The molecular weight excluding hydrogens is 222 g/mol. The maximum absolute atomic E-state index is 4.34. The second-order valence-electron chi connectivity index (χ2n) is 3.37. The normalized spacial score (nSPS) is 12.4. The maximum atomic E-state index is 4.34. The fraction of sp³-hybridized carbons (Fsp3) is 0.400. The van der Waals surface area contributed by atoms with Gasteiger partial charge in [-0.1, -0.05) is 6.92 Å². The summed E-state index contributed by atoms with van der Waals surface area (Å²) in [5.41, 5.74) is 0.899. The van der Waals surface area contributed by atoms with Crippen LogP contribution in [0.25, 0.3) is 0 Å². The molecule has 0 fully saturated rings. The summed E-state index contributed by atoms with van der Waals surface area (Å²) in [7, 11) is 0. The summed E-state index contributed by atoms with van der Waals surface area (Å²) in [6.45, 7) is 4.06. The van der Waals surface area contributed by atoms with E-state index < -0.39 is 0 Å². The van der Waals surface area contributed by atoms with E-state index in [4.69, 9.17) is 0 Å². The molecule has 1 atom stereocenters. The van der Waals surface area contributed by atoms with E-state index >= 15 is 0 Å². The molecule has 0 aliphatic carbocycles. The molecular formula is C10H13N5S. The predicted molar refractivity (Wildman–Crippen MR) is 63.4 cm³/mol. The van der Waals surface area contributed by atoms with Crippen molar-refractivity contribution >= 4 is 16.7 Å². The Morgan fingerprint density at radius 2 is 2.31 bits per heavy atom. The minimum atomic E-state index is 0.0892. The summed E-state index contributed by atoms with van der Waals surface area (Å²) in [6.07, 6.45) is 5.96. The highest BCUT2D eigenvalue weighted by atomic mass is 32.1. The molecule has 2 aromatic rings. The van der Waals surface area contributed by atoms with Crippen molar-refractivity contribution in [3.8, 4) is 0 Å². The number of hydrogen-bond acceptors (Lipinski definition) is 6. The first kappa shape index (κ1) is 10.9. The van der Waals surface area contributed by atoms with Crippen molar-refractivity contribution in [3.05, 3.63) is 30.1 Å². The second kappa shape index (κ2) is 4.98. The van der Waals surface area contributed by atoms with Gasteiger partial charge in [-0.25, -0.2) is 4.98 Å². The molecule has 16 heavy (non-hydrogen) atoms. The standard InChI is InChI=1S/C10H13N5S/c1-3-9-14-10(16-15-9)13-7(2)8-6-11-4-5-12-8/h4-7H,3H2,1-2H3,(H,13,14,15)/t7-/m1/s1. The lowest BCUT2D eigenvalue weighted by Crippen LogP contribution is -2.08. The van der Waals surface area contributed by atoms with Gasteiger partial charge in [0.25, 0.3) is 0 Å². The molecule has 0 radical (unpaired) electrons. The van der Waals surface area contributed by atoms with Gasteiger partial charge in [0.05, 0.1) is 17.9 Å². The first-order chi connectivity index (χ1) is 7.79. The van der Waals surface area contributed by atoms with Crippen molar-refractivity contribution in [1.82, 2.24) is 19.3 Å². The first-order valence-corrected chi connectivity index (χ1v) is 5.92. The zero-order chi connectivity index (χ0) is 11.4. The van der Waals surface area contributed by atoms with E-state index in [1.807, 2.05) is 13.8 Å². The SMILES string of the molecule is CCc1nsc(N[C@H](C)c2cnccn2)n1. The number of aryl methyl sites for hydroxylation is 1. The van der Waals surface area contributed by atoms with Crippen LogP contribution in [0.4, 0.5) is 5.13 Å². The highest BCUT2D eigenvalue weighted by Crippen LogP contribution is 2.18. The van der Waals surface area contributed by atoms with Gasteiger partial charge in [0, 0.05) is 30.3 Å². The molecule has 0 amide bonds. The number of aromatic nitrogens is 4. The van der Waals surface area contributed by atoms with Crippen LogP contribution in [0, 0.1) is 0 Å². The average molecular weight is 235 g/mol. The maximum Gasteiger partial charge on any atom is 0.203 e. The van der Waals surface area contributed by atoms with E-state index in [9.17, 15) is 0 Å². The Morgan fingerprint density at radius 1 is 1.44 bits per heavy atom. The van der Waals surface area contributed by atoms with Crippen molar-refractivity contribution < 1.29 is 0 Å². The third-order valence-electron chi connectivity index (χ3n) is 2.15. The van der Waals surface area contributed by atoms with Crippen molar-refractivity contribution in [1.29, 1.82) is 0 Å². The van der Waals surface area contributed by atoms with Crippen molar-refractivity contribution in [2.75, 3.05) is 5.32 Å². The summed E-state index contributed by atoms with van der Waals surface area (Å²) >= 11 is 1.38. The zero-order valence-electron chi connectivity index (χ0n) is 9.21. The monoisotopic (exact) mass is 235 g/mol. The van der Waals surface area contributed by atoms with Crippen LogP contribution in [-0.2, 0) is 6.42 Å². The van der Waals surface area contributed by atoms with Gasteiger partial charge in [0.1, 0.15) is 5.82 Å². The Morgan fingerprint density at radius 3 is 2.94 bits per heavy atom. The van der Waals surface area contributed by atoms with Gasteiger partial charge in [0.2, 0.25) is 5.13 Å². The van der Waals surface area contributed by atoms with Crippen LogP contribution in [0.15, 0.2) is 18.6 Å². The Bertz CT molecular complexity index is 441. The number of anilines is 1. The summed E-state index contributed by atoms with van der Waals surface area (Å²) in [6, 6.07) is 0.0892. The fourth-order valence-electron chi connectivity index (χ4n) is 1.25. The summed E-state index contributed by atoms with van der Waals surface area (Å²) < 4.78 is 4.21. The van der Waals surface area contributed by atoms with E-state index in [1.165, 1.54) is 11.5 Å². The molecule has 0 aliphatic rings. The Labute approximate surface area is 98.2 Å². The Hall–Kier alpha value is -1.56. The lowest BCUT2D eigenvalue weighted by Gasteiger charge is -2.10. The van der Waals surface area contributed by atoms with Crippen LogP contribution in [-0.4, -0.2) is 19.3 Å². The Balaban J connectivity index is 2.05. The van der Waals surface area contributed by atoms with Crippen LogP contribution < -0.4 is 5.32 Å². The topological polar surface area (TPSA) is 63.6 Å². The molecule has 2 aromatic heterocycles. The predicted octanol–water partition coefficient (Wildman–Crippen LogP) is 2.06. The van der Waals surface area contributed by atoms with Gasteiger partial charge < -0.3 is 5.32 Å². The summed E-state index contributed by atoms with van der Waals surface area (Å²) in [5.74, 6) is 0.874. The van der Waals surface area contributed by atoms with Crippen LogP contribution in [0.1, 0.15) is 31.4 Å². The van der Waals surface area contributed by atoms with Gasteiger partial charge in [-0.2, -0.15) is 4.37 Å². The molecule has 0 aliphatic heterocycles. The van der Waals surface area contributed by atoms with E-state index in [0.29, 0.717) is 0 Å². The third-order valence-corrected chi connectivity index (χ3v) is 2.84. The molecule has 0 saturated carbocycles. The molecule has 0 bridgehead atoms. The van der Waals surface area contributed by atoms with Crippen LogP contribution in [0.2, 0.25) is 0 Å². The van der Waals surface area contributed by atoms with Gasteiger partial charge in [-0.15, -0.1) is 0 Å². The van der Waals surface area contributed by atoms with Gasteiger partial charge >= 0.3 is 0 Å². The first-order valence-electron chi connectivity index (χ1n) is 5.14. The highest BCUT2D eigenvalue weighted by molar-refractivity contribution is 7.09. The van der Waals surface area contributed by atoms with Crippen LogP contribution in [0.5, 0.6) is 0 Å². The molecule has 6 heteroatoms. The number of rotatable bonds is 4. The minimum absolute atomic E-state index is 0.0892. The van der Waals surface area contributed by atoms with E-state index in [1.54, 1.807) is 18.6 Å². The number of nitrogens with zero attached hydrogens (tertiary/aromatic N) is 4. The molecule has 0 saturated heterocycles. The fourth-order valence-corrected chi connectivity index (χ4v) is 1.99. The average Bonchev–Trinajstić information content (AvgIpc) is 2.78. The molecule has 2 heterocycles. The largest absolute Gasteiger partial charge is 0.352 e. The third kappa shape index (κ3) is 2.52. The van der Waals surface area contributed by atoms with Gasteiger partial charge in [-0.05, 0) is 6.92 Å². The lowest BCUT2D eigenvalue weighted by atomic mass is 10.2. The van der Waals surface area contributed by atoms with Crippen LogP contribution >= 0.6 is 11.5 Å². The van der Waals surface area contributed by atoms with Crippen molar-refractivity contribution in [2.45, 2.75) is 26.3 Å². The van der Waals surface area contributed by atoms with Crippen molar-refractivity contribution in [3.63, 3.8) is 0 Å². The lowest BCUT2D eigenvalue weighted by molar-refractivity contribution is 0.823. The van der Waals surface area contributed by atoms with Gasteiger partial charge in [-0.3, -0.25) is 9.97 Å². The smallest absolute Gasteiger partial charge is 0.203 e. The molecule has 5 nitrogen and oxygen atoms in total. The Kier molecular flexibility index (Phi) is 3.40. The molecule has 0 spiro atoms. The number of hydrogen-bond donors (Lipinski definition) is 1.